The summed E-state index contributed by atoms with van der Waals surface area (Å²) in [6, 6.07) is 6.11. The molecule has 1 aromatic rings. The second-order valence-corrected chi connectivity index (χ2v) is 5.74. The number of nitro benzene ring substituents is 1. The number of hydrogen-bond acceptors (Lipinski definition) is 3. The maximum absolute atomic E-state index is 12.0. The number of benzene rings is 1. The minimum atomic E-state index is -0.512. The van der Waals surface area contributed by atoms with Crippen molar-refractivity contribution in [1.82, 2.24) is 0 Å². The van der Waals surface area contributed by atoms with Crippen LogP contribution in [0.25, 0.3) is 0 Å². The molecule has 17 heavy (non-hydrogen) atoms. The molecule has 0 aliphatic rings. The summed E-state index contributed by atoms with van der Waals surface area (Å²) in [5.41, 5.74) is 0.117. The van der Waals surface area contributed by atoms with E-state index in [2.05, 4.69) is 15.9 Å². The van der Waals surface area contributed by atoms with Gasteiger partial charge in [-0.05, 0) is 5.56 Å². The highest BCUT2D eigenvalue weighted by Crippen LogP contribution is 2.33. The quantitative estimate of drug-likeness (QED) is 0.486. The number of nitro groups is 1. The third-order valence-electron chi connectivity index (χ3n) is 2.34. The molecule has 4 nitrogen and oxygen atoms in total. The maximum Gasteiger partial charge on any atom is 0.269 e. The molecule has 0 aromatic heterocycles. The molecule has 0 bridgehead atoms. The highest BCUT2D eigenvalue weighted by molar-refractivity contribution is 9.09. The standard InChI is InChI=1S/C12H14BrNO3/c1-12(2,3)11(15)10(13)8-5-4-6-9(7-8)14(16)17/h4-7,10H,1-3H3. The van der Waals surface area contributed by atoms with Gasteiger partial charge >= 0.3 is 0 Å². The van der Waals surface area contributed by atoms with Crippen molar-refractivity contribution in [3.8, 4) is 0 Å². The van der Waals surface area contributed by atoms with Gasteiger partial charge in [0, 0.05) is 17.5 Å². The van der Waals surface area contributed by atoms with Gasteiger partial charge in [0.15, 0.2) is 5.78 Å². The number of alkyl halides is 1. The van der Waals surface area contributed by atoms with E-state index in [9.17, 15) is 14.9 Å². The topological polar surface area (TPSA) is 60.2 Å². The lowest BCUT2D eigenvalue weighted by Gasteiger charge is -2.20. The Morgan fingerprint density at radius 2 is 2.00 bits per heavy atom. The zero-order chi connectivity index (χ0) is 13.2. The number of nitrogens with zero attached hydrogens (tertiary/aromatic N) is 1. The van der Waals surface area contributed by atoms with Crippen LogP contribution in [0.5, 0.6) is 0 Å². The summed E-state index contributed by atoms with van der Waals surface area (Å²) in [4.78, 5) is 21.7. The molecular weight excluding hydrogens is 286 g/mol. The van der Waals surface area contributed by atoms with Crippen molar-refractivity contribution in [2.24, 2.45) is 5.41 Å². The third kappa shape index (κ3) is 3.36. The zero-order valence-corrected chi connectivity index (χ0v) is 11.5. The molecule has 1 aromatic carbocycles. The fraction of sp³-hybridized carbons (Fsp3) is 0.417. The summed E-state index contributed by atoms with van der Waals surface area (Å²) in [5.74, 6) is -0.00185. The fourth-order valence-corrected chi connectivity index (χ4v) is 2.30. The van der Waals surface area contributed by atoms with Gasteiger partial charge in [0.2, 0.25) is 0 Å². The average molecular weight is 300 g/mol. The third-order valence-corrected chi connectivity index (χ3v) is 3.29. The van der Waals surface area contributed by atoms with Crippen LogP contribution in [-0.2, 0) is 4.79 Å². The van der Waals surface area contributed by atoms with Crippen molar-refractivity contribution >= 4 is 27.4 Å². The second kappa shape index (κ2) is 4.96. The molecule has 0 N–H and O–H groups in total. The average Bonchev–Trinajstić information content (AvgIpc) is 2.26. The monoisotopic (exact) mass is 299 g/mol. The van der Waals surface area contributed by atoms with E-state index in [0.717, 1.165) is 0 Å². The summed E-state index contributed by atoms with van der Waals surface area (Å²) in [6.45, 7) is 5.46. The molecule has 1 rings (SSSR count). The van der Waals surface area contributed by atoms with Crippen LogP contribution in [0.15, 0.2) is 24.3 Å². The smallest absolute Gasteiger partial charge is 0.269 e. The first-order valence-corrected chi connectivity index (χ1v) is 6.08. The fourth-order valence-electron chi connectivity index (χ4n) is 1.33. The second-order valence-electron chi connectivity index (χ2n) is 4.83. The number of non-ortho nitro benzene ring substituents is 1. The lowest BCUT2D eigenvalue weighted by Crippen LogP contribution is -2.24. The van der Waals surface area contributed by atoms with Crippen molar-refractivity contribution in [3.05, 3.63) is 39.9 Å². The number of Topliss-reactive ketones (excluding diaryl/α,β-unsaturated/α-hetero) is 1. The SMILES string of the molecule is CC(C)(C)C(=O)C(Br)c1cccc([N+](=O)[O-])c1. The molecule has 0 heterocycles. The van der Waals surface area contributed by atoms with Gasteiger partial charge < -0.3 is 0 Å². The molecule has 0 fully saturated rings. The Kier molecular flexibility index (Phi) is 4.03. The zero-order valence-electron chi connectivity index (χ0n) is 9.94. The Labute approximate surface area is 108 Å². The van der Waals surface area contributed by atoms with Gasteiger partial charge in [-0.15, -0.1) is 0 Å². The van der Waals surface area contributed by atoms with Gasteiger partial charge in [0.05, 0.1) is 9.75 Å². The van der Waals surface area contributed by atoms with E-state index >= 15 is 0 Å². The number of halogens is 1. The van der Waals surface area contributed by atoms with Gasteiger partial charge in [-0.3, -0.25) is 14.9 Å². The van der Waals surface area contributed by atoms with E-state index in [-0.39, 0.29) is 11.5 Å². The van der Waals surface area contributed by atoms with Crippen molar-refractivity contribution in [2.75, 3.05) is 0 Å². The Balaban J connectivity index is 3.05. The molecule has 0 saturated heterocycles. The summed E-state index contributed by atoms with van der Waals surface area (Å²) < 4.78 is 0. The van der Waals surface area contributed by atoms with E-state index in [1.165, 1.54) is 12.1 Å². The molecule has 0 amide bonds. The first kappa shape index (κ1) is 13.8. The number of carbonyl (C=O) groups is 1. The van der Waals surface area contributed by atoms with Crippen molar-refractivity contribution < 1.29 is 9.72 Å². The Morgan fingerprint density at radius 3 is 2.47 bits per heavy atom. The van der Waals surface area contributed by atoms with E-state index in [1.54, 1.807) is 12.1 Å². The van der Waals surface area contributed by atoms with Crippen LogP contribution in [0.4, 0.5) is 5.69 Å². The minimum Gasteiger partial charge on any atom is -0.297 e. The normalized spacial score (nSPS) is 13.2. The summed E-state index contributed by atoms with van der Waals surface area (Å²) in [5, 5.41) is 10.6. The summed E-state index contributed by atoms with van der Waals surface area (Å²) in [6.07, 6.45) is 0. The van der Waals surface area contributed by atoms with Crippen molar-refractivity contribution in [1.29, 1.82) is 0 Å². The molecule has 0 aliphatic carbocycles. The van der Waals surface area contributed by atoms with Crippen LogP contribution in [0.1, 0.15) is 31.2 Å². The molecule has 0 radical (unpaired) electrons. The molecule has 92 valence electrons. The van der Waals surface area contributed by atoms with Gasteiger partial charge in [-0.25, -0.2) is 0 Å². The number of carbonyl (C=O) groups excluding carboxylic acids is 1. The Morgan fingerprint density at radius 1 is 1.41 bits per heavy atom. The molecule has 0 aliphatic heterocycles. The number of rotatable bonds is 3. The Bertz CT molecular complexity index is 451. The summed E-state index contributed by atoms with van der Waals surface area (Å²) >= 11 is 3.30. The summed E-state index contributed by atoms with van der Waals surface area (Å²) in [7, 11) is 0. The van der Waals surface area contributed by atoms with Gasteiger partial charge in [0.1, 0.15) is 0 Å². The molecular formula is C12H14BrNO3. The van der Waals surface area contributed by atoms with Crippen LogP contribution in [-0.4, -0.2) is 10.7 Å². The highest BCUT2D eigenvalue weighted by atomic mass is 79.9. The van der Waals surface area contributed by atoms with Crippen LogP contribution < -0.4 is 0 Å². The van der Waals surface area contributed by atoms with Gasteiger partial charge in [0.25, 0.3) is 5.69 Å². The maximum atomic E-state index is 12.0. The molecule has 5 heteroatoms. The van der Waals surface area contributed by atoms with Gasteiger partial charge in [-0.1, -0.05) is 48.8 Å². The minimum absolute atomic E-state index is 0.00185. The van der Waals surface area contributed by atoms with Crippen LogP contribution in [0.3, 0.4) is 0 Å². The van der Waals surface area contributed by atoms with Gasteiger partial charge in [-0.2, -0.15) is 0 Å². The lowest BCUT2D eigenvalue weighted by molar-refractivity contribution is -0.384. The van der Waals surface area contributed by atoms with E-state index in [0.29, 0.717) is 5.56 Å². The van der Waals surface area contributed by atoms with E-state index in [1.807, 2.05) is 20.8 Å². The molecule has 0 spiro atoms. The highest BCUT2D eigenvalue weighted by Gasteiger charge is 2.29. The first-order chi connectivity index (χ1) is 7.73. The van der Waals surface area contributed by atoms with E-state index in [4.69, 9.17) is 0 Å². The predicted molar refractivity (Wildman–Crippen MR) is 69.2 cm³/mol. The van der Waals surface area contributed by atoms with Crippen LogP contribution >= 0.6 is 15.9 Å². The molecule has 0 saturated carbocycles. The molecule has 1 atom stereocenters. The first-order valence-electron chi connectivity index (χ1n) is 5.16. The predicted octanol–water partition coefficient (Wildman–Crippen LogP) is 3.65. The number of ketones is 1. The van der Waals surface area contributed by atoms with E-state index < -0.39 is 15.2 Å². The lowest BCUT2D eigenvalue weighted by atomic mass is 9.87. The molecule has 1 unspecified atom stereocenters. The number of hydrogen-bond donors (Lipinski definition) is 0. The van der Waals surface area contributed by atoms with Crippen LogP contribution in [0, 0.1) is 15.5 Å². The van der Waals surface area contributed by atoms with Crippen molar-refractivity contribution in [3.63, 3.8) is 0 Å². The Hall–Kier alpha value is -1.23. The van der Waals surface area contributed by atoms with Crippen LogP contribution in [0.2, 0.25) is 0 Å². The largest absolute Gasteiger partial charge is 0.297 e. The van der Waals surface area contributed by atoms with Crippen molar-refractivity contribution in [2.45, 2.75) is 25.6 Å².